The van der Waals surface area contributed by atoms with E-state index < -0.39 is 5.54 Å². The highest BCUT2D eigenvalue weighted by Crippen LogP contribution is 2.21. The van der Waals surface area contributed by atoms with E-state index in [1.165, 1.54) is 0 Å². The fraction of sp³-hybridized carbons (Fsp3) is 0.333. The van der Waals surface area contributed by atoms with E-state index in [0.29, 0.717) is 23.6 Å². The van der Waals surface area contributed by atoms with Crippen molar-refractivity contribution in [3.8, 4) is 11.5 Å². The van der Waals surface area contributed by atoms with E-state index in [9.17, 15) is 4.79 Å². The summed E-state index contributed by atoms with van der Waals surface area (Å²) >= 11 is 0. The molecule has 2 rings (SSSR count). The quantitative estimate of drug-likeness (QED) is 0.791. The number of amides is 1. The summed E-state index contributed by atoms with van der Waals surface area (Å²) in [5, 5.41) is 3.01. The minimum atomic E-state index is -0.429. The summed E-state index contributed by atoms with van der Waals surface area (Å²) in [5.41, 5.74) is 5.95. The molecule has 0 spiro atoms. The van der Waals surface area contributed by atoms with E-state index in [1.807, 2.05) is 26.8 Å². The molecular formula is C18H25Cl2N3O2. The van der Waals surface area contributed by atoms with Crippen molar-refractivity contribution >= 4 is 30.7 Å². The number of rotatable bonds is 6. The van der Waals surface area contributed by atoms with E-state index in [-0.39, 0.29) is 36.6 Å². The number of aromatic nitrogens is 1. The lowest BCUT2D eigenvalue weighted by Crippen LogP contribution is -2.55. The van der Waals surface area contributed by atoms with Crippen LogP contribution in [0.3, 0.4) is 0 Å². The molecule has 1 amide bonds. The van der Waals surface area contributed by atoms with Crippen LogP contribution in [0, 0.1) is 5.92 Å². The molecule has 1 aromatic heterocycles. The first kappa shape index (κ1) is 23.2. The Labute approximate surface area is 161 Å². The SMILES string of the molecule is CC(C)C(C)(CN)NC(=O)c1ccc(Oc2cccnc2)cc1.Cl.Cl. The van der Waals surface area contributed by atoms with Crippen LogP contribution in [0.1, 0.15) is 31.1 Å². The number of carbonyl (C=O) groups excluding carboxylic acids is 1. The molecule has 0 saturated carbocycles. The van der Waals surface area contributed by atoms with Gasteiger partial charge in [0, 0.05) is 18.3 Å². The molecule has 0 saturated heterocycles. The first-order valence-electron chi connectivity index (χ1n) is 7.65. The Morgan fingerprint density at radius 1 is 1.20 bits per heavy atom. The summed E-state index contributed by atoms with van der Waals surface area (Å²) in [4.78, 5) is 16.4. The number of benzene rings is 1. The number of carbonyl (C=O) groups is 1. The van der Waals surface area contributed by atoms with Gasteiger partial charge in [-0.25, -0.2) is 0 Å². The maximum Gasteiger partial charge on any atom is 0.251 e. The van der Waals surface area contributed by atoms with E-state index in [1.54, 1.807) is 42.7 Å². The fourth-order valence-electron chi connectivity index (χ4n) is 1.98. The normalized spacial score (nSPS) is 12.4. The number of hydrogen-bond acceptors (Lipinski definition) is 4. The zero-order chi connectivity index (χ0) is 16.9. The molecule has 3 N–H and O–H groups in total. The summed E-state index contributed by atoms with van der Waals surface area (Å²) in [5.74, 6) is 1.41. The molecule has 1 heterocycles. The van der Waals surface area contributed by atoms with Crippen LogP contribution >= 0.6 is 24.8 Å². The van der Waals surface area contributed by atoms with Gasteiger partial charge in [-0.15, -0.1) is 24.8 Å². The largest absolute Gasteiger partial charge is 0.456 e. The first-order valence-corrected chi connectivity index (χ1v) is 7.65. The van der Waals surface area contributed by atoms with Crippen LogP contribution in [-0.2, 0) is 0 Å². The molecule has 5 nitrogen and oxygen atoms in total. The molecule has 7 heteroatoms. The Morgan fingerprint density at radius 2 is 1.84 bits per heavy atom. The van der Waals surface area contributed by atoms with Crippen LogP contribution in [0.25, 0.3) is 0 Å². The predicted octanol–water partition coefficient (Wildman–Crippen LogP) is 3.82. The zero-order valence-electron chi connectivity index (χ0n) is 14.6. The zero-order valence-corrected chi connectivity index (χ0v) is 16.2. The number of hydrogen-bond donors (Lipinski definition) is 2. The highest BCUT2D eigenvalue weighted by Gasteiger charge is 2.28. The van der Waals surface area contributed by atoms with Crippen molar-refractivity contribution in [3.05, 3.63) is 54.4 Å². The van der Waals surface area contributed by atoms with Crippen LogP contribution < -0.4 is 15.8 Å². The lowest BCUT2D eigenvalue weighted by atomic mass is 9.88. The van der Waals surface area contributed by atoms with Gasteiger partial charge in [0.25, 0.3) is 5.91 Å². The van der Waals surface area contributed by atoms with Crippen molar-refractivity contribution in [2.75, 3.05) is 6.54 Å². The summed E-state index contributed by atoms with van der Waals surface area (Å²) in [7, 11) is 0. The van der Waals surface area contributed by atoms with Gasteiger partial charge in [-0.05, 0) is 49.2 Å². The number of ether oxygens (including phenoxy) is 1. The lowest BCUT2D eigenvalue weighted by molar-refractivity contribution is 0.0883. The third kappa shape index (κ3) is 6.20. The van der Waals surface area contributed by atoms with Gasteiger partial charge in [-0.3, -0.25) is 9.78 Å². The molecule has 138 valence electrons. The number of nitrogens with two attached hydrogens (primary N) is 1. The van der Waals surface area contributed by atoms with Crippen LogP contribution in [0.5, 0.6) is 11.5 Å². The Hall–Kier alpha value is -1.82. The minimum Gasteiger partial charge on any atom is -0.456 e. The molecule has 0 bridgehead atoms. The maximum atomic E-state index is 12.4. The van der Waals surface area contributed by atoms with Crippen molar-refractivity contribution in [1.29, 1.82) is 0 Å². The van der Waals surface area contributed by atoms with Crippen molar-refractivity contribution in [3.63, 3.8) is 0 Å². The molecule has 1 atom stereocenters. The second-order valence-corrected chi connectivity index (χ2v) is 6.05. The smallest absolute Gasteiger partial charge is 0.251 e. The molecule has 0 radical (unpaired) electrons. The van der Waals surface area contributed by atoms with Gasteiger partial charge in [0.1, 0.15) is 11.5 Å². The van der Waals surface area contributed by atoms with Crippen LogP contribution in [0.15, 0.2) is 48.8 Å². The standard InChI is InChI=1S/C18H23N3O2.2ClH/c1-13(2)18(3,12-19)21-17(22)14-6-8-15(9-7-14)23-16-5-4-10-20-11-16;;/h4-11,13H,12,19H2,1-3H3,(H,21,22);2*1H. The number of pyridine rings is 1. The monoisotopic (exact) mass is 385 g/mol. The van der Waals surface area contributed by atoms with Gasteiger partial charge in [0.15, 0.2) is 0 Å². The highest BCUT2D eigenvalue weighted by atomic mass is 35.5. The van der Waals surface area contributed by atoms with E-state index in [2.05, 4.69) is 10.3 Å². The second kappa shape index (κ2) is 10.2. The van der Waals surface area contributed by atoms with Gasteiger partial charge in [0.2, 0.25) is 0 Å². The lowest BCUT2D eigenvalue weighted by Gasteiger charge is -2.33. The summed E-state index contributed by atoms with van der Waals surface area (Å²) < 4.78 is 5.66. The predicted molar refractivity (Wildman–Crippen MR) is 105 cm³/mol. The van der Waals surface area contributed by atoms with Gasteiger partial charge >= 0.3 is 0 Å². The molecule has 2 aromatic rings. The Morgan fingerprint density at radius 3 is 2.32 bits per heavy atom. The molecule has 0 aliphatic heterocycles. The van der Waals surface area contributed by atoms with Crippen LogP contribution in [-0.4, -0.2) is 23.0 Å². The van der Waals surface area contributed by atoms with Crippen molar-refractivity contribution < 1.29 is 9.53 Å². The van der Waals surface area contributed by atoms with Crippen LogP contribution in [0.4, 0.5) is 0 Å². The molecule has 1 unspecified atom stereocenters. The summed E-state index contributed by atoms with van der Waals surface area (Å²) in [6.07, 6.45) is 3.32. The molecule has 0 aliphatic carbocycles. The molecule has 0 aliphatic rings. The maximum absolute atomic E-state index is 12.4. The molecular weight excluding hydrogens is 361 g/mol. The van der Waals surface area contributed by atoms with E-state index in [4.69, 9.17) is 10.5 Å². The second-order valence-electron chi connectivity index (χ2n) is 6.05. The van der Waals surface area contributed by atoms with Crippen molar-refractivity contribution in [1.82, 2.24) is 10.3 Å². The Bertz CT molecular complexity index is 651. The number of nitrogens with one attached hydrogen (secondary N) is 1. The number of halogens is 2. The Kier molecular flexibility index (Phi) is 9.49. The van der Waals surface area contributed by atoms with Gasteiger partial charge in [-0.1, -0.05) is 13.8 Å². The first-order chi connectivity index (χ1) is 10.9. The van der Waals surface area contributed by atoms with Crippen molar-refractivity contribution in [2.24, 2.45) is 11.7 Å². The fourth-order valence-corrected chi connectivity index (χ4v) is 1.98. The van der Waals surface area contributed by atoms with E-state index >= 15 is 0 Å². The van der Waals surface area contributed by atoms with E-state index in [0.717, 1.165) is 0 Å². The average Bonchev–Trinajstić information content (AvgIpc) is 2.56. The Balaban J connectivity index is 0.00000288. The third-order valence-corrected chi connectivity index (χ3v) is 4.08. The van der Waals surface area contributed by atoms with Crippen LogP contribution in [0.2, 0.25) is 0 Å². The molecule has 0 fully saturated rings. The topological polar surface area (TPSA) is 77.2 Å². The minimum absolute atomic E-state index is 0. The summed E-state index contributed by atoms with van der Waals surface area (Å²) in [6.45, 7) is 6.42. The molecule has 1 aromatic carbocycles. The highest BCUT2D eigenvalue weighted by molar-refractivity contribution is 5.94. The third-order valence-electron chi connectivity index (χ3n) is 4.08. The van der Waals surface area contributed by atoms with Gasteiger partial charge in [0.05, 0.1) is 11.7 Å². The number of nitrogens with zero attached hydrogens (tertiary/aromatic N) is 1. The van der Waals surface area contributed by atoms with Crippen molar-refractivity contribution in [2.45, 2.75) is 26.3 Å². The van der Waals surface area contributed by atoms with Gasteiger partial charge < -0.3 is 15.8 Å². The summed E-state index contributed by atoms with van der Waals surface area (Å²) in [6, 6.07) is 10.6. The average molecular weight is 386 g/mol. The molecule has 25 heavy (non-hydrogen) atoms. The van der Waals surface area contributed by atoms with Gasteiger partial charge in [-0.2, -0.15) is 0 Å².